The van der Waals surface area contributed by atoms with E-state index in [0.717, 1.165) is 6.42 Å². The number of aliphatic hydroxyl groups excluding tert-OH is 1. The lowest BCUT2D eigenvalue weighted by atomic mass is 10.1. The number of rotatable bonds is 7. The van der Waals surface area contributed by atoms with Crippen molar-refractivity contribution in [2.45, 2.75) is 52.6 Å². The molecule has 1 atom stereocenters. The van der Waals surface area contributed by atoms with Crippen molar-refractivity contribution in [3.05, 3.63) is 15.8 Å². The van der Waals surface area contributed by atoms with Crippen LogP contribution in [0.15, 0.2) is 0 Å². The second-order valence-electron chi connectivity index (χ2n) is 4.84. The summed E-state index contributed by atoms with van der Waals surface area (Å²) in [6.07, 6.45) is 1.33. The summed E-state index contributed by atoms with van der Waals surface area (Å²) in [5.74, 6) is 0.429. The fourth-order valence-electron chi connectivity index (χ4n) is 1.99. The number of aryl methyl sites for hydroxylation is 1. The van der Waals surface area contributed by atoms with Gasteiger partial charge in [-0.1, -0.05) is 6.92 Å². The number of aromatic nitrogens is 2. The molecule has 19 heavy (non-hydrogen) atoms. The molecule has 1 aromatic heterocycles. The van der Waals surface area contributed by atoms with Crippen LogP contribution < -0.4 is 5.32 Å². The molecule has 0 radical (unpaired) electrons. The van der Waals surface area contributed by atoms with Gasteiger partial charge < -0.3 is 10.4 Å². The second-order valence-corrected chi connectivity index (χ2v) is 4.84. The number of hydrogen-bond donors (Lipinski definition) is 2. The summed E-state index contributed by atoms with van der Waals surface area (Å²) < 4.78 is 1.63. The molecule has 1 heterocycles. The second kappa shape index (κ2) is 6.51. The summed E-state index contributed by atoms with van der Waals surface area (Å²) >= 11 is 0. The van der Waals surface area contributed by atoms with Crippen molar-refractivity contribution >= 4 is 11.5 Å². The van der Waals surface area contributed by atoms with Crippen molar-refractivity contribution in [3.63, 3.8) is 0 Å². The molecule has 0 fully saturated rings. The molecule has 108 valence electrons. The Labute approximate surface area is 112 Å². The summed E-state index contributed by atoms with van der Waals surface area (Å²) in [5, 5.41) is 27.6. The van der Waals surface area contributed by atoms with Crippen LogP contribution in [-0.2, 0) is 0 Å². The van der Waals surface area contributed by atoms with Crippen molar-refractivity contribution in [3.8, 4) is 0 Å². The van der Waals surface area contributed by atoms with Gasteiger partial charge in [0.15, 0.2) is 0 Å². The van der Waals surface area contributed by atoms with E-state index in [-0.39, 0.29) is 24.4 Å². The molecule has 0 saturated carbocycles. The molecule has 0 aliphatic heterocycles. The number of aliphatic hydroxyl groups is 1. The van der Waals surface area contributed by atoms with Crippen molar-refractivity contribution in [2.75, 3.05) is 11.9 Å². The lowest BCUT2D eigenvalue weighted by Gasteiger charge is -2.18. The number of nitro groups is 1. The van der Waals surface area contributed by atoms with Crippen LogP contribution in [0.5, 0.6) is 0 Å². The van der Waals surface area contributed by atoms with Crippen LogP contribution in [0.1, 0.15) is 45.3 Å². The highest BCUT2D eigenvalue weighted by Gasteiger charge is 2.27. The SMILES string of the molecule is CCC(CCO)Nc1c([N+](=O)[O-])c(C)nn1C(C)C. The van der Waals surface area contributed by atoms with Crippen molar-refractivity contribution in [1.29, 1.82) is 0 Å². The maximum Gasteiger partial charge on any atom is 0.333 e. The van der Waals surface area contributed by atoms with E-state index in [9.17, 15) is 10.1 Å². The Morgan fingerprint density at radius 3 is 2.58 bits per heavy atom. The molecule has 0 amide bonds. The zero-order chi connectivity index (χ0) is 14.6. The van der Waals surface area contributed by atoms with Gasteiger partial charge in [-0.05, 0) is 33.6 Å². The summed E-state index contributed by atoms with van der Waals surface area (Å²) in [5.41, 5.74) is 0.421. The van der Waals surface area contributed by atoms with E-state index in [1.165, 1.54) is 0 Å². The molecule has 0 bridgehead atoms. The average Bonchev–Trinajstić information content (AvgIpc) is 2.65. The Hall–Kier alpha value is -1.63. The maximum absolute atomic E-state index is 11.2. The smallest absolute Gasteiger partial charge is 0.333 e. The van der Waals surface area contributed by atoms with Crippen LogP contribution in [-0.4, -0.2) is 32.5 Å². The average molecular weight is 270 g/mol. The van der Waals surface area contributed by atoms with Crippen LogP contribution in [0.4, 0.5) is 11.5 Å². The van der Waals surface area contributed by atoms with Crippen LogP contribution in [0, 0.1) is 17.0 Å². The lowest BCUT2D eigenvalue weighted by molar-refractivity contribution is -0.384. The normalized spacial score (nSPS) is 12.7. The standard InChI is InChI=1S/C12H22N4O3/c1-5-10(6-7-17)13-12-11(16(18)19)9(4)14-15(12)8(2)3/h8,10,13,17H,5-7H2,1-4H3. The van der Waals surface area contributed by atoms with Crippen molar-refractivity contribution < 1.29 is 10.0 Å². The van der Waals surface area contributed by atoms with Gasteiger partial charge in [0, 0.05) is 18.7 Å². The van der Waals surface area contributed by atoms with Crippen molar-refractivity contribution in [1.82, 2.24) is 9.78 Å². The largest absolute Gasteiger partial charge is 0.396 e. The predicted molar refractivity (Wildman–Crippen MR) is 73.4 cm³/mol. The van der Waals surface area contributed by atoms with Gasteiger partial charge in [-0.2, -0.15) is 5.10 Å². The van der Waals surface area contributed by atoms with Gasteiger partial charge in [-0.3, -0.25) is 10.1 Å². The topological polar surface area (TPSA) is 93.2 Å². The third kappa shape index (κ3) is 3.44. The first-order valence-corrected chi connectivity index (χ1v) is 6.53. The summed E-state index contributed by atoms with van der Waals surface area (Å²) in [6, 6.07) is 0.0267. The van der Waals surface area contributed by atoms with E-state index in [0.29, 0.717) is 17.9 Å². The first-order chi connectivity index (χ1) is 8.92. The monoisotopic (exact) mass is 270 g/mol. The highest BCUT2D eigenvalue weighted by molar-refractivity contribution is 5.60. The van der Waals surface area contributed by atoms with Crippen LogP contribution >= 0.6 is 0 Å². The third-order valence-corrected chi connectivity index (χ3v) is 3.04. The fraction of sp³-hybridized carbons (Fsp3) is 0.750. The molecule has 7 heteroatoms. The first-order valence-electron chi connectivity index (χ1n) is 6.53. The highest BCUT2D eigenvalue weighted by Crippen LogP contribution is 2.31. The highest BCUT2D eigenvalue weighted by atomic mass is 16.6. The van der Waals surface area contributed by atoms with E-state index >= 15 is 0 Å². The minimum Gasteiger partial charge on any atom is -0.396 e. The van der Waals surface area contributed by atoms with Gasteiger partial charge in [0.2, 0.25) is 5.82 Å². The molecule has 1 unspecified atom stereocenters. The van der Waals surface area contributed by atoms with E-state index in [2.05, 4.69) is 10.4 Å². The number of nitrogens with zero attached hydrogens (tertiary/aromatic N) is 3. The van der Waals surface area contributed by atoms with E-state index in [1.807, 2.05) is 20.8 Å². The molecular formula is C12H22N4O3. The zero-order valence-corrected chi connectivity index (χ0v) is 11.9. The Morgan fingerprint density at radius 1 is 1.53 bits per heavy atom. The van der Waals surface area contributed by atoms with E-state index in [1.54, 1.807) is 11.6 Å². The Morgan fingerprint density at radius 2 is 2.16 bits per heavy atom. The summed E-state index contributed by atoms with van der Waals surface area (Å²) in [4.78, 5) is 10.8. The third-order valence-electron chi connectivity index (χ3n) is 3.04. The van der Waals surface area contributed by atoms with Crippen LogP contribution in [0.25, 0.3) is 0 Å². The quantitative estimate of drug-likeness (QED) is 0.585. The van der Waals surface area contributed by atoms with Gasteiger partial charge >= 0.3 is 5.69 Å². The predicted octanol–water partition coefficient (Wildman–Crippen LogP) is 2.25. The molecule has 2 N–H and O–H groups in total. The van der Waals surface area contributed by atoms with Gasteiger partial charge in [-0.15, -0.1) is 0 Å². The van der Waals surface area contributed by atoms with Gasteiger partial charge in [0.1, 0.15) is 5.69 Å². The Kier molecular flexibility index (Phi) is 5.29. The number of hydrogen-bond acceptors (Lipinski definition) is 5. The molecule has 0 aliphatic carbocycles. The summed E-state index contributed by atoms with van der Waals surface area (Å²) in [7, 11) is 0. The molecule has 1 aromatic rings. The molecule has 0 aromatic carbocycles. The fourth-order valence-corrected chi connectivity index (χ4v) is 1.99. The number of anilines is 1. The molecule has 0 spiro atoms. The first kappa shape index (κ1) is 15.4. The molecular weight excluding hydrogens is 248 g/mol. The zero-order valence-electron chi connectivity index (χ0n) is 11.9. The lowest BCUT2D eigenvalue weighted by Crippen LogP contribution is -2.23. The molecule has 0 saturated heterocycles. The minimum absolute atomic E-state index is 0.00250. The Bertz CT molecular complexity index is 442. The molecule has 1 rings (SSSR count). The van der Waals surface area contributed by atoms with Gasteiger partial charge in [-0.25, -0.2) is 4.68 Å². The Balaban J connectivity index is 3.17. The van der Waals surface area contributed by atoms with Crippen LogP contribution in [0.3, 0.4) is 0 Å². The van der Waals surface area contributed by atoms with Gasteiger partial charge in [0.25, 0.3) is 0 Å². The van der Waals surface area contributed by atoms with Crippen LogP contribution in [0.2, 0.25) is 0 Å². The molecule has 7 nitrogen and oxygen atoms in total. The summed E-state index contributed by atoms with van der Waals surface area (Å²) in [6.45, 7) is 7.51. The molecule has 0 aliphatic rings. The van der Waals surface area contributed by atoms with Crippen molar-refractivity contribution in [2.24, 2.45) is 0 Å². The minimum atomic E-state index is -0.408. The van der Waals surface area contributed by atoms with E-state index < -0.39 is 4.92 Å². The van der Waals surface area contributed by atoms with E-state index in [4.69, 9.17) is 5.11 Å². The van der Waals surface area contributed by atoms with Gasteiger partial charge in [0.05, 0.1) is 4.92 Å². The number of nitrogens with one attached hydrogen (secondary N) is 1. The maximum atomic E-state index is 11.2.